The van der Waals surface area contributed by atoms with Crippen molar-refractivity contribution in [3.63, 3.8) is 0 Å². The molecular weight excluding hydrogens is 711 g/mol. The van der Waals surface area contributed by atoms with Crippen LogP contribution in [0.2, 0.25) is 0 Å². The Hall–Kier alpha value is -6.84. The van der Waals surface area contributed by atoms with Crippen molar-refractivity contribution in [1.29, 1.82) is 0 Å². The van der Waals surface area contributed by atoms with Gasteiger partial charge in [-0.2, -0.15) is 0 Å². The summed E-state index contributed by atoms with van der Waals surface area (Å²) in [6, 6.07) is 73.0. The molecule has 0 amide bonds. The summed E-state index contributed by atoms with van der Waals surface area (Å²) in [5.74, 6) is 0.548. The van der Waals surface area contributed by atoms with Crippen molar-refractivity contribution in [3.8, 4) is 22.3 Å². The standard InChI is InChI=1S/C56H43BN2/c1-3-13-38(14-4-1)47-36-54-56-55(37-47)59(49-30-27-41(28-31-49)44-25-23-39-15-7-9-17-42(39)33-44)53-32-29-46(45-26-24-40-16-8-10-18-43(40)34-45)35-51(53)57(56)50-21-11-12-22-52(50)58(54)48-19-5-2-6-20-48/h2,5-12,15-38H,1,3-4,13-14H2. The summed E-state index contributed by atoms with van der Waals surface area (Å²) in [5.41, 5.74) is 18.0. The molecule has 0 aromatic heterocycles. The molecule has 59 heavy (non-hydrogen) atoms. The van der Waals surface area contributed by atoms with E-state index in [0.29, 0.717) is 5.92 Å². The smallest absolute Gasteiger partial charge is 0.252 e. The quantitative estimate of drug-likeness (QED) is 0.161. The lowest BCUT2D eigenvalue weighted by molar-refractivity contribution is 0.444. The third-order valence-electron chi connectivity index (χ3n) is 13.4. The lowest BCUT2D eigenvalue weighted by Crippen LogP contribution is -2.61. The average Bonchev–Trinajstić information content (AvgIpc) is 3.31. The van der Waals surface area contributed by atoms with Crippen LogP contribution in [0.5, 0.6) is 0 Å². The highest BCUT2D eigenvalue weighted by atomic mass is 15.2. The normalized spacial score (nSPS) is 14.6. The molecule has 3 aliphatic rings. The minimum absolute atomic E-state index is 0.0695. The Balaban J connectivity index is 1.10. The Morgan fingerprint density at radius 1 is 0.356 bits per heavy atom. The molecule has 0 N–H and O–H groups in total. The van der Waals surface area contributed by atoms with E-state index >= 15 is 0 Å². The number of hydrogen-bond donors (Lipinski definition) is 0. The van der Waals surface area contributed by atoms with Crippen molar-refractivity contribution in [1.82, 2.24) is 0 Å². The van der Waals surface area contributed by atoms with Crippen LogP contribution >= 0.6 is 0 Å². The van der Waals surface area contributed by atoms with Crippen LogP contribution < -0.4 is 26.2 Å². The highest BCUT2D eigenvalue weighted by molar-refractivity contribution is 7.00. The van der Waals surface area contributed by atoms with Gasteiger partial charge < -0.3 is 9.80 Å². The number of rotatable bonds is 5. The molecule has 1 saturated carbocycles. The summed E-state index contributed by atoms with van der Waals surface area (Å²) in [5, 5.41) is 5.06. The van der Waals surface area contributed by atoms with Gasteiger partial charge in [0.05, 0.1) is 0 Å². The molecule has 9 aromatic carbocycles. The van der Waals surface area contributed by atoms with Crippen molar-refractivity contribution in [2.24, 2.45) is 0 Å². The molecule has 9 aromatic rings. The van der Waals surface area contributed by atoms with Crippen molar-refractivity contribution < 1.29 is 0 Å². The van der Waals surface area contributed by atoms with Crippen LogP contribution in [0.1, 0.15) is 43.6 Å². The van der Waals surface area contributed by atoms with Crippen molar-refractivity contribution >= 4 is 78.8 Å². The maximum absolute atomic E-state index is 2.59. The van der Waals surface area contributed by atoms with Gasteiger partial charge in [-0.15, -0.1) is 0 Å². The van der Waals surface area contributed by atoms with Crippen molar-refractivity contribution in [2.45, 2.75) is 38.0 Å². The highest BCUT2D eigenvalue weighted by Gasteiger charge is 2.44. The molecule has 3 heteroatoms. The first-order valence-electron chi connectivity index (χ1n) is 21.4. The van der Waals surface area contributed by atoms with Gasteiger partial charge in [0.1, 0.15) is 0 Å². The molecule has 1 fully saturated rings. The monoisotopic (exact) mass is 754 g/mol. The van der Waals surface area contributed by atoms with Gasteiger partial charge >= 0.3 is 0 Å². The lowest BCUT2D eigenvalue weighted by Gasteiger charge is -2.45. The second-order valence-corrected chi connectivity index (χ2v) is 16.8. The van der Waals surface area contributed by atoms with Crippen LogP contribution in [0.25, 0.3) is 43.8 Å². The van der Waals surface area contributed by atoms with Crippen molar-refractivity contribution in [3.05, 3.63) is 200 Å². The minimum Gasteiger partial charge on any atom is -0.311 e. The summed E-state index contributed by atoms with van der Waals surface area (Å²) in [4.78, 5) is 5.14. The molecule has 1 aliphatic carbocycles. The molecular formula is C56H43BN2. The number of benzene rings is 9. The Morgan fingerprint density at radius 3 is 1.54 bits per heavy atom. The molecule has 280 valence electrons. The molecule has 0 bridgehead atoms. The van der Waals surface area contributed by atoms with E-state index in [2.05, 4.69) is 204 Å². The molecule has 2 nitrogen and oxygen atoms in total. The number of fused-ring (bicyclic) bond motifs is 6. The molecule has 0 spiro atoms. The first-order chi connectivity index (χ1) is 29.2. The van der Waals surface area contributed by atoms with E-state index in [0.717, 1.165) is 0 Å². The predicted octanol–water partition coefficient (Wildman–Crippen LogP) is 13.5. The van der Waals surface area contributed by atoms with Crippen LogP contribution in [0.4, 0.5) is 34.1 Å². The highest BCUT2D eigenvalue weighted by Crippen LogP contribution is 2.47. The summed E-state index contributed by atoms with van der Waals surface area (Å²) in [6.07, 6.45) is 6.42. The Labute approximate surface area is 347 Å². The first kappa shape index (κ1) is 34.2. The summed E-state index contributed by atoms with van der Waals surface area (Å²) in [7, 11) is 0. The number of hydrogen-bond acceptors (Lipinski definition) is 2. The summed E-state index contributed by atoms with van der Waals surface area (Å²) >= 11 is 0. The fourth-order valence-corrected chi connectivity index (χ4v) is 10.5. The zero-order chi connectivity index (χ0) is 38.9. The van der Waals surface area contributed by atoms with E-state index in [1.54, 1.807) is 0 Å². The van der Waals surface area contributed by atoms with Crippen LogP contribution in [-0.2, 0) is 0 Å². The molecule has 12 rings (SSSR count). The van der Waals surface area contributed by atoms with Crippen LogP contribution in [0.15, 0.2) is 194 Å². The molecule has 0 radical (unpaired) electrons. The lowest BCUT2D eigenvalue weighted by atomic mass is 9.33. The topological polar surface area (TPSA) is 6.48 Å². The SMILES string of the molecule is c1ccc(N2c3ccccc3B3c4cc(-c5ccc6ccccc6c5)ccc4N(c4ccc(-c5ccc6ccccc6c5)cc4)c4cc(C5CCCCC5)cc2c43)cc1. The van der Waals surface area contributed by atoms with E-state index in [9.17, 15) is 0 Å². The van der Waals surface area contributed by atoms with Gasteiger partial charge in [0.15, 0.2) is 0 Å². The first-order valence-corrected chi connectivity index (χ1v) is 21.4. The molecule has 2 heterocycles. The molecule has 0 unspecified atom stereocenters. The van der Waals surface area contributed by atoms with E-state index in [1.165, 1.54) is 132 Å². The van der Waals surface area contributed by atoms with E-state index in [-0.39, 0.29) is 6.71 Å². The van der Waals surface area contributed by atoms with Gasteiger partial charge in [-0.3, -0.25) is 0 Å². The van der Waals surface area contributed by atoms with Crippen LogP contribution in [0, 0.1) is 0 Å². The maximum Gasteiger partial charge on any atom is 0.252 e. The molecule has 0 saturated heterocycles. The number of nitrogens with zero attached hydrogens (tertiary/aromatic N) is 2. The zero-order valence-electron chi connectivity index (χ0n) is 33.1. The van der Waals surface area contributed by atoms with Gasteiger partial charge in [0, 0.05) is 34.1 Å². The zero-order valence-corrected chi connectivity index (χ0v) is 33.1. The number of para-hydroxylation sites is 2. The van der Waals surface area contributed by atoms with E-state index in [4.69, 9.17) is 0 Å². The van der Waals surface area contributed by atoms with E-state index in [1.807, 2.05) is 0 Å². The third kappa shape index (κ3) is 5.71. The van der Waals surface area contributed by atoms with Gasteiger partial charge in [0.25, 0.3) is 6.71 Å². The molecule has 0 atom stereocenters. The second-order valence-electron chi connectivity index (χ2n) is 16.8. The predicted molar refractivity (Wildman–Crippen MR) is 252 cm³/mol. The summed E-state index contributed by atoms with van der Waals surface area (Å²) in [6.45, 7) is 0.0695. The fraction of sp³-hybridized carbons (Fsp3) is 0.107. The minimum atomic E-state index is 0.0695. The van der Waals surface area contributed by atoms with Gasteiger partial charge in [-0.05, 0) is 145 Å². The maximum atomic E-state index is 2.59. The Morgan fingerprint density at radius 2 is 0.864 bits per heavy atom. The second kappa shape index (κ2) is 13.9. The largest absolute Gasteiger partial charge is 0.311 e. The Bertz CT molecular complexity index is 3050. The van der Waals surface area contributed by atoms with Crippen molar-refractivity contribution in [2.75, 3.05) is 9.80 Å². The van der Waals surface area contributed by atoms with Gasteiger partial charge in [-0.25, -0.2) is 0 Å². The Kier molecular flexibility index (Phi) is 8.08. The summed E-state index contributed by atoms with van der Waals surface area (Å²) < 4.78 is 0. The van der Waals surface area contributed by atoms with E-state index < -0.39 is 0 Å². The fourth-order valence-electron chi connectivity index (χ4n) is 10.5. The average molecular weight is 755 g/mol. The van der Waals surface area contributed by atoms with Crippen LogP contribution in [-0.4, -0.2) is 6.71 Å². The third-order valence-corrected chi connectivity index (χ3v) is 13.4. The number of anilines is 6. The van der Waals surface area contributed by atoms with Gasteiger partial charge in [0.2, 0.25) is 0 Å². The molecule has 2 aliphatic heterocycles. The van der Waals surface area contributed by atoms with Gasteiger partial charge in [-0.1, -0.05) is 153 Å². The van der Waals surface area contributed by atoms with Crippen LogP contribution in [0.3, 0.4) is 0 Å².